The van der Waals surface area contributed by atoms with Gasteiger partial charge < -0.3 is 14.4 Å². The van der Waals surface area contributed by atoms with Crippen LogP contribution in [0.1, 0.15) is 16.1 Å². The van der Waals surface area contributed by atoms with Crippen molar-refractivity contribution in [3.05, 3.63) is 78.4 Å². The van der Waals surface area contributed by atoms with Crippen LogP contribution in [-0.2, 0) is 13.6 Å². The standard InChI is InChI=1S/C20H20N4O/c1-22-15-21-13-19(22)20(25)24-12-11-23(14-16-7-3-2-4-8-16)17-9-5-6-10-18(17)24/h2-10,13,15H,11-12,14H2,1H3. The number of carbonyl (C=O) groups excluding carboxylic acids is 1. The number of anilines is 2. The van der Waals surface area contributed by atoms with E-state index >= 15 is 0 Å². The molecular formula is C20H20N4O. The fourth-order valence-electron chi connectivity index (χ4n) is 3.30. The normalized spacial score (nSPS) is 13.6. The maximum absolute atomic E-state index is 13.0. The van der Waals surface area contributed by atoms with Crippen LogP contribution in [0.3, 0.4) is 0 Å². The van der Waals surface area contributed by atoms with E-state index < -0.39 is 0 Å². The van der Waals surface area contributed by atoms with Gasteiger partial charge in [-0.2, -0.15) is 0 Å². The summed E-state index contributed by atoms with van der Waals surface area (Å²) in [6.45, 7) is 2.30. The molecule has 1 aliphatic heterocycles. The van der Waals surface area contributed by atoms with E-state index in [1.54, 1.807) is 17.1 Å². The van der Waals surface area contributed by atoms with Crippen LogP contribution >= 0.6 is 0 Å². The molecule has 0 saturated heterocycles. The van der Waals surface area contributed by atoms with Gasteiger partial charge in [0.15, 0.2) is 0 Å². The number of aromatic nitrogens is 2. The summed E-state index contributed by atoms with van der Waals surface area (Å²) in [6, 6.07) is 18.5. The lowest BCUT2D eigenvalue weighted by Gasteiger charge is -2.37. The Kier molecular flexibility index (Phi) is 3.98. The molecule has 2 aromatic carbocycles. The smallest absolute Gasteiger partial charge is 0.276 e. The molecule has 1 aliphatic rings. The molecule has 0 spiro atoms. The van der Waals surface area contributed by atoms with E-state index in [0.717, 1.165) is 24.5 Å². The van der Waals surface area contributed by atoms with Crippen LogP contribution in [0.5, 0.6) is 0 Å². The number of fused-ring (bicyclic) bond motifs is 1. The quantitative estimate of drug-likeness (QED) is 0.740. The number of carbonyl (C=O) groups is 1. The van der Waals surface area contributed by atoms with Crippen LogP contribution in [0, 0.1) is 0 Å². The molecule has 5 nitrogen and oxygen atoms in total. The van der Waals surface area contributed by atoms with Crippen molar-refractivity contribution < 1.29 is 4.79 Å². The third kappa shape index (κ3) is 2.89. The van der Waals surface area contributed by atoms with Gasteiger partial charge in [-0.3, -0.25) is 4.79 Å². The Morgan fingerprint density at radius 3 is 2.44 bits per heavy atom. The highest BCUT2D eigenvalue weighted by Crippen LogP contribution is 2.34. The molecule has 0 bridgehead atoms. The predicted octanol–water partition coefficient (Wildman–Crippen LogP) is 3.09. The third-order valence-electron chi connectivity index (χ3n) is 4.60. The van der Waals surface area contributed by atoms with Crippen LogP contribution in [0.2, 0.25) is 0 Å². The molecular weight excluding hydrogens is 312 g/mol. The first-order chi connectivity index (χ1) is 12.2. The number of hydrogen-bond acceptors (Lipinski definition) is 3. The van der Waals surface area contributed by atoms with Crippen molar-refractivity contribution in [3.63, 3.8) is 0 Å². The van der Waals surface area contributed by atoms with Crippen molar-refractivity contribution in [2.75, 3.05) is 22.9 Å². The number of nitrogens with zero attached hydrogens (tertiary/aromatic N) is 4. The molecule has 1 aromatic heterocycles. The van der Waals surface area contributed by atoms with Crippen LogP contribution in [0.15, 0.2) is 67.1 Å². The molecule has 3 aromatic rings. The Balaban J connectivity index is 1.65. The molecule has 0 radical (unpaired) electrons. The van der Waals surface area contributed by atoms with Crippen molar-refractivity contribution in [1.29, 1.82) is 0 Å². The Bertz CT molecular complexity index is 887. The summed E-state index contributed by atoms with van der Waals surface area (Å²) in [5.74, 6) is -0.00758. The number of para-hydroxylation sites is 2. The Hall–Kier alpha value is -3.08. The van der Waals surface area contributed by atoms with Gasteiger partial charge in [0.05, 0.1) is 23.9 Å². The van der Waals surface area contributed by atoms with Crippen LogP contribution in [0.25, 0.3) is 0 Å². The molecule has 0 N–H and O–H groups in total. The molecule has 1 amide bonds. The van der Waals surface area contributed by atoms with Crippen molar-refractivity contribution in [3.8, 4) is 0 Å². The minimum atomic E-state index is -0.00758. The average molecular weight is 332 g/mol. The number of benzene rings is 2. The Morgan fingerprint density at radius 2 is 1.72 bits per heavy atom. The van der Waals surface area contributed by atoms with Gasteiger partial charge in [0.25, 0.3) is 5.91 Å². The molecule has 0 unspecified atom stereocenters. The Morgan fingerprint density at radius 1 is 1.00 bits per heavy atom. The zero-order valence-corrected chi connectivity index (χ0v) is 14.2. The second-order valence-corrected chi connectivity index (χ2v) is 6.24. The molecule has 4 rings (SSSR count). The first kappa shape index (κ1) is 15.4. The van der Waals surface area contributed by atoms with Crippen molar-refractivity contribution >= 4 is 17.3 Å². The van der Waals surface area contributed by atoms with Gasteiger partial charge in [-0.1, -0.05) is 42.5 Å². The summed E-state index contributed by atoms with van der Waals surface area (Å²) in [5, 5.41) is 0. The van der Waals surface area contributed by atoms with E-state index in [-0.39, 0.29) is 5.91 Å². The first-order valence-corrected chi connectivity index (χ1v) is 8.40. The minimum absolute atomic E-state index is 0.00758. The van der Waals surface area contributed by atoms with E-state index in [4.69, 9.17) is 0 Å². The van der Waals surface area contributed by atoms with Crippen molar-refractivity contribution in [1.82, 2.24) is 9.55 Å². The van der Waals surface area contributed by atoms with E-state index in [1.807, 2.05) is 36.2 Å². The molecule has 5 heteroatoms. The van der Waals surface area contributed by atoms with Gasteiger partial charge >= 0.3 is 0 Å². The summed E-state index contributed by atoms with van der Waals surface area (Å²) >= 11 is 0. The largest absolute Gasteiger partial charge is 0.364 e. The topological polar surface area (TPSA) is 41.4 Å². The molecule has 25 heavy (non-hydrogen) atoms. The molecule has 0 aliphatic carbocycles. The van der Waals surface area contributed by atoms with Crippen molar-refractivity contribution in [2.45, 2.75) is 6.54 Å². The summed E-state index contributed by atoms with van der Waals surface area (Å²) in [7, 11) is 1.85. The predicted molar refractivity (Wildman–Crippen MR) is 98.8 cm³/mol. The summed E-state index contributed by atoms with van der Waals surface area (Å²) in [4.78, 5) is 21.2. The summed E-state index contributed by atoms with van der Waals surface area (Å²) in [5.41, 5.74) is 3.92. The van der Waals surface area contributed by atoms with Gasteiger partial charge in [-0.25, -0.2) is 4.98 Å². The minimum Gasteiger partial charge on any atom is -0.364 e. The van der Waals surface area contributed by atoms with E-state index in [9.17, 15) is 4.79 Å². The first-order valence-electron chi connectivity index (χ1n) is 8.40. The lowest BCUT2D eigenvalue weighted by molar-refractivity contribution is 0.0979. The molecule has 0 atom stereocenters. The second-order valence-electron chi connectivity index (χ2n) is 6.24. The molecule has 126 valence electrons. The van der Waals surface area contributed by atoms with Gasteiger partial charge in [-0.15, -0.1) is 0 Å². The number of aryl methyl sites for hydroxylation is 1. The lowest BCUT2D eigenvalue weighted by Crippen LogP contribution is -2.44. The van der Waals surface area contributed by atoms with E-state index in [2.05, 4.69) is 40.2 Å². The number of rotatable bonds is 3. The monoisotopic (exact) mass is 332 g/mol. The number of hydrogen-bond donors (Lipinski definition) is 0. The zero-order chi connectivity index (χ0) is 17.2. The highest BCUT2D eigenvalue weighted by atomic mass is 16.2. The van der Waals surface area contributed by atoms with Crippen molar-refractivity contribution in [2.24, 2.45) is 7.05 Å². The van der Waals surface area contributed by atoms with E-state index in [0.29, 0.717) is 12.2 Å². The van der Waals surface area contributed by atoms with Gasteiger partial charge in [0.2, 0.25) is 0 Å². The maximum atomic E-state index is 13.0. The highest BCUT2D eigenvalue weighted by Gasteiger charge is 2.28. The van der Waals surface area contributed by atoms with Gasteiger partial charge in [-0.05, 0) is 17.7 Å². The fraction of sp³-hybridized carbons (Fsp3) is 0.200. The van der Waals surface area contributed by atoms with E-state index in [1.165, 1.54) is 5.56 Å². The fourth-order valence-corrected chi connectivity index (χ4v) is 3.30. The lowest BCUT2D eigenvalue weighted by atomic mass is 10.1. The van der Waals surface area contributed by atoms with Crippen LogP contribution in [0.4, 0.5) is 11.4 Å². The van der Waals surface area contributed by atoms with Gasteiger partial charge in [0, 0.05) is 26.7 Å². The van der Waals surface area contributed by atoms with Crippen LogP contribution in [-0.4, -0.2) is 28.5 Å². The molecule has 2 heterocycles. The highest BCUT2D eigenvalue weighted by molar-refractivity contribution is 6.07. The van der Waals surface area contributed by atoms with Crippen LogP contribution < -0.4 is 9.80 Å². The second kappa shape index (κ2) is 6.43. The zero-order valence-electron chi connectivity index (χ0n) is 14.2. The molecule has 0 fully saturated rings. The number of amides is 1. The Labute approximate surface area is 147 Å². The summed E-state index contributed by atoms with van der Waals surface area (Å²) in [6.07, 6.45) is 3.28. The number of imidazole rings is 1. The SMILES string of the molecule is Cn1cncc1C(=O)N1CCN(Cc2ccccc2)c2ccccc21. The third-order valence-corrected chi connectivity index (χ3v) is 4.60. The summed E-state index contributed by atoms with van der Waals surface area (Å²) < 4.78 is 1.77. The molecule has 0 saturated carbocycles. The maximum Gasteiger partial charge on any atom is 0.276 e. The van der Waals surface area contributed by atoms with Gasteiger partial charge in [0.1, 0.15) is 5.69 Å². The average Bonchev–Trinajstić information content (AvgIpc) is 3.08.